The van der Waals surface area contributed by atoms with Crippen LogP contribution in [-0.2, 0) is 0 Å². The highest BCUT2D eigenvalue weighted by Crippen LogP contribution is 2.47. The fourth-order valence-electron chi connectivity index (χ4n) is 10.5. The molecule has 346 valence electrons. The van der Waals surface area contributed by atoms with Crippen LogP contribution in [0.5, 0.6) is 0 Å². The molecule has 0 spiro atoms. The van der Waals surface area contributed by atoms with Crippen LogP contribution in [0.1, 0.15) is 0 Å². The number of hydrogen-bond donors (Lipinski definition) is 0. The smallest absolute Gasteiger partial charge is 0.143 e. The molecule has 14 aromatic rings. The Balaban J connectivity index is 0.898. The average Bonchev–Trinajstić information content (AvgIpc) is 4.08. The lowest BCUT2D eigenvalue weighted by Crippen LogP contribution is -1.96. The minimum Gasteiger partial charge on any atom is -0.455 e. The van der Waals surface area contributed by atoms with Crippen molar-refractivity contribution in [2.45, 2.75) is 0 Å². The van der Waals surface area contributed by atoms with Crippen LogP contribution in [0.15, 0.2) is 252 Å². The van der Waals surface area contributed by atoms with Crippen molar-refractivity contribution >= 4 is 43.9 Å². The number of para-hydroxylation sites is 2. The minimum absolute atomic E-state index is 0.793. The molecule has 0 atom stereocenters. The molecule has 8 heteroatoms. The number of nitrogens with zero attached hydrogens (tertiary/aromatic N) is 6. The van der Waals surface area contributed by atoms with Crippen molar-refractivity contribution in [3.8, 4) is 101 Å². The zero-order valence-corrected chi connectivity index (χ0v) is 39.6. The second kappa shape index (κ2) is 17.9. The largest absolute Gasteiger partial charge is 0.455 e. The van der Waals surface area contributed by atoms with Gasteiger partial charge in [-0.1, -0.05) is 84.9 Å². The van der Waals surface area contributed by atoms with Crippen molar-refractivity contribution in [2.75, 3.05) is 0 Å². The van der Waals surface area contributed by atoms with Crippen molar-refractivity contribution in [3.05, 3.63) is 243 Å². The third kappa shape index (κ3) is 7.40. The van der Waals surface area contributed by atoms with Crippen molar-refractivity contribution in [1.82, 2.24) is 29.9 Å². The van der Waals surface area contributed by atoms with E-state index in [0.717, 1.165) is 145 Å². The normalized spacial score (nSPS) is 11.5. The van der Waals surface area contributed by atoms with Gasteiger partial charge in [-0.2, -0.15) is 0 Å². The number of aromatic nitrogens is 6. The zero-order valence-electron chi connectivity index (χ0n) is 39.6. The van der Waals surface area contributed by atoms with Gasteiger partial charge in [-0.05, 0) is 144 Å². The topological polar surface area (TPSA) is 104 Å². The highest BCUT2D eigenvalue weighted by Gasteiger charge is 2.23. The van der Waals surface area contributed by atoms with Crippen LogP contribution in [0.25, 0.3) is 145 Å². The van der Waals surface area contributed by atoms with Crippen LogP contribution >= 0.6 is 0 Å². The molecule has 74 heavy (non-hydrogen) atoms. The number of rotatable bonds is 9. The number of hydrogen-bond acceptors (Lipinski definition) is 8. The van der Waals surface area contributed by atoms with Gasteiger partial charge in [0.15, 0.2) is 0 Å². The van der Waals surface area contributed by atoms with E-state index in [-0.39, 0.29) is 0 Å². The lowest BCUT2D eigenvalue weighted by molar-refractivity contribution is 0.669. The van der Waals surface area contributed by atoms with Crippen LogP contribution in [0.3, 0.4) is 0 Å². The van der Waals surface area contributed by atoms with Crippen molar-refractivity contribution < 1.29 is 8.83 Å². The Hall–Kier alpha value is -10.2. The second-order valence-electron chi connectivity index (χ2n) is 18.2. The molecule has 0 N–H and O–H groups in total. The average molecular weight is 949 g/mol. The maximum absolute atomic E-state index is 6.85. The SMILES string of the molecule is c1ccc(-c2cc(-c3ccc4oc5c(-c6ccc7oc8c(-c9cc(-c%10ccccn%10)c(-c%10ccccn%10)c(-c%10ccccn%10)c9)cccc8c7c6)cccc5c4c3)cc(-c3ccccn3)c2-c2ccccn2)nc1. The minimum atomic E-state index is 0.793. The molecule has 0 aliphatic carbocycles. The maximum atomic E-state index is 6.85. The highest BCUT2D eigenvalue weighted by molar-refractivity contribution is 6.14. The van der Waals surface area contributed by atoms with Gasteiger partial charge in [-0.3, -0.25) is 29.9 Å². The highest BCUT2D eigenvalue weighted by atomic mass is 16.3. The second-order valence-corrected chi connectivity index (χ2v) is 18.2. The molecule has 14 rings (SSSR count). The van der Waals surface area contributed by atoms with Crippen LogP contribution in [-0.4, -0.2) is 29.9 Å². The van der Waals surface area contributed by atoms with E-state index >= 15 is 0 Å². The predicted octanol–water partition coefficient (Wildman–Crippen LogP) is 16.9. The molecule has 6 aromatic carbocycles. The van der Waals surface area contributed by atoms with Gasteiger partial charge >= 0.3 is 0 Å². The number of fused-ring (bicyclic) bond motifs is 6. The number of benzene rings is 6. The maximum Gasteiger partial charge on any atom is 0.143 e. The van der Waals surface area contributed by atoms with E-state index in [9.17, 15) is 0 Å². The fraction of sp³-hybridized carbons (Fsp3) is 0. The van der Waals surface area contributed by atoms with E-state index in [1.807, 2.05) is 146 Å². The summed E-state index contributed by atoms with van der Waals surface area (Å²) in [5, 5.41) is 4.07. The van der Waals surface area contributed by atoms with Gasteiger partial charge in [0.1, 0.15) is 22.3 Å². The van der Waals surface area contributed by atoms with Gasteiger partial charge in [0.25, 0.3) is 0 Å². The summed E-state index contributed by atoms with van der Waals surface area (Å²) in [7, 11) is 0. The van der Waals surface area contributed by atoms with Crippen LogP contribution < -0.4 is 0 Å². The first kappa shape index (κ1) is 42.7. The molecular weight excluding hydrogens is 909 g/mol. The van der Waals surface area contributed by atoms with Gasteiger partial charge in [0.05, 0.1) is 34.2 Å². The fourth-order valence-corrected chi connectivity index (χ4v) is 10.5. The zero-order chi connectivity index (χ0) is 49.0. The summed E-state index contributed by atoms with van der Waals surface area (Å²) in [5.41, 5.74) is 20.1. The molecule has 8 nitrogen and oxygen atoms in total. The van der Waals surface area contributed by atoms with Gasteiger partial charge < -0.3 is 8.83 Å². The molecule has 8 aromatic heterocycles. The van der Waals surface area contributed by atoms with Crippen LogP contribution in [0.2, 0.25) is 0 Å². The third-order valence-corrected chi connectivity index (χ3v) is 13.8. The summed E-state index contributed by atoms with van der Waals surface area (Å²) in [6, 6.07) is 70.5. The van der Waals surface area contributed by atoms with Gasteiger partial charge in [-0.15, -0.1) is 0 Å². The Morgan fingerprint density at radius 3 is 0.973 bits per heavy atom. The lowest BCUT2D eigenvalue weighted by atomic mass is 9.88. The Bertz CT molecular complexity index is 4270. The molecule has 0 amide bonds. The van der Waals surface area contributed by atoms with Gasteiger partial charge in [0, 0.05) is 103 Å². The molecule has 0 radical (unpaired) electrons. The number of furan rings is 2. The summed E-state index contributed by atoms with van der Waals surface area (Å²) in [4.78, 5) is 29.0. The molecule has 0 bridgehead atoms. The first-order valence-corrected chi connectivity index (χ1v) is 24.5. The Morgan fingerprint density at radius 2 is 0.581 bits per heavy atom. The first-order valence-electron chi connectivity index (χ1n) is 24.5. The summed E-state index contributed by atoms with van der Waals surface area (Å²) in [6.07, 6.45) is 11.0. The lowest BCUT2D eigenvalue weighted by Gasteiger charge is -2.17. The molecule has 0 saturated carbocycles. The Morgan fingerprint density at radius 1 is 0.230 bits per heavy atom. The molecule has 0 unspecified atom stereocenters. The summed E-state index contributed by atoms with van der Waals surface area (Å²) in [5.74, 6) is 0. The van der Waals surface area contributed by atoms with Gasteiger partial charge in [-0.25, -0.2) is 0 Å². The van der Waals surface area contributed by atoms with Gasteiger partial charge in [0.2, 0.25) is 0 Å². The standard InChI is InChI=1S/C66H40N6O2/c1-7-29-67-55(19-1)51-37-43(38-52(56-20-2-8-30-68-56)63(51)59-23-5-11-33-71-59)41-25-27-61-49(35-41)47-17-13-15-45(65(47)73-61)42-26-28-62-50(36-42)48-18-14-16-46(66(48)74-62)44-39-53(57-21-3-9-31-69-57)64(60-24-6-12-34-72-60)54(40-44)58-22-4-10-32-70-58/h1-40H. The van der Waals surface area contributed by atoms with Crippen LogP contribution in [0.4, 0.5) is 0 Å². The predicted molar refractivity (Wildman–Crippen MR) is 297 cm³/mol. The first-order chi connectivity index (χ1) is 36.7. The van der Waals surface area contributed by atoms with Crippen molar-refractivity contribution in [1.29, 1.82) is 0 Å². The molecule has 0 saturated heterocycles. The van der Waals surface area contributed by atoms with Crippen molar-refractivity contribution in [3.63, 3.8) is 0 Å². The van der Waals surface area contributed by atoms with E-state index in [1.165, 1.54) is 0 Å². The van der Waals surface area contributed by atoms with E-state index in [4.69, 9.17) is 38.7 Å². The third-order valence-electron chi connectivity index (χ3n) is 13.8. The summed E-state index contributed by atoms with van der Waals surface area (Å²) < 4.78 is 13.7. The van der Waals surface area contributed by atoms with E-state index < -0.39 is 0 Å². The van der Waals surface area contributed by atoms with Crippen molar-refractivity contribution in [2.24, 2.45) is 0 Å². The van der Waals surface area contributed by atoms with Crippen LogP contribution in [0, 0.1) is 0 Å². The molecule has 0 aliphatic rings. The Labute approximate surface area is 425 Å². The Kier molecular flexibility index (Phi) is 10.3. The van der Waals surface area contributed by atoms with E-state index in [0.29, 0.717) is 0 Å². The van der Waals surface area contributed by atoms with E-state index in [1.54, 1.807) is 0 Å². The number of pyridine rings is 6. The monoisotopic (exact) mass is 948 g/mol. The molecule has 0 fully saturated rings. The molecular formula is C66H40N6O2. The quantitative estimate of drug-likeness (QED) is 0.141. The summed E-state index contributed by atoms with van der Waals surface area (Å²) >= 11 is 0. The van der Waals surface area contributed by atoms with E-state index in [2.05, 4.69) is 97.1 Å². The summed E-state index contributed by atoms with van der Waals surface area (Å²) in [6.45, 7) is 0. The molecule has 0 aliphatic heterocycles. The molecule has 8 heterocycles.